The van der Waals surface area contributed by atoms with Crippen molar-refractivity contribution < 1.29 is 17.6 Å². The lowest BCUT2D eigenvalue weighted by atomic mass is 10.1. The Morgan fingerprint density at radius 2 is 1.93 bits per heavy atom. The van der Waals surface area contributed by atoms with Crippen molar-refractivity contribution in [2.75, 3.05) is 5.88 Å². The van der Waals surface area contributed by atoms with Crippen LogP contribution in [0.2, 0.25) is 0 Å². The van der Waals surface area contributed by atoms with E-state index in [1.165, 1.54) is 6.08 Å². The first-order chi connectivity index (χ1) is 6.95. The zero-order valence-electron chi connectivity index (χ0n) is 7.48. The van der Waals surface area contributed by atoms with Gasteiger partial charge in [0.1, 0.15) is 5.82 Å². The SMILES string of the molecule is Fc1ccc(C(F)(F)F)c(C=CCCl)c1. The van der Waals surface area contributed by atoms with Crippen molar-refractivity contribution in [2.45, 2.75) is 6.18 Å². The summed E-state index contributed by atoms with van der Waals surface area (Å²) < 4.78 is 50.0. The van der Waals surface area contributed by atoms with Crippen LogP contribution in [0.4, 0.5) is 17.6 Å². The quantitative estimate of drug-likeness (QED) is 0.538. The van der Waals surface area contributed by atoms with Gasteiger partial charge in [-0.05, 0) is 23.8 Å². The number of allylic oxidation sites excluding steroid dienone is 1. The number of halogens is 5. The Kier molecular flexibility index (Phi) is 3.74. The highest BCUT2D eigenvalue weighted by Gasteiger charge is 2.32. The maximum absolute atomic E-state index is 12.7. The molecule has 0 amide bonds. The molecule has 1 rings (SSSR count). The van der Waals surface area contributed by atoms with Gasteiger partial charge in [-0.15, -0.1) is 11.6 Å². The van der Waals surface area contributed by atoms with Gasteiger partial charge < -0.3 is 0 Å². The Hall–Kier alpha value is -1.03. The van der Waals surface area contributed by atoms with Gasteiger partial charge in [-0.2, -0.15) is 13.2 Å². The van der Waals surface area contributed by atoms with E-state index in [1.807, 2.05) is 0 Å². The predicted octanol–water partition coefficient (Wildman–Crippen LogP) is 4.10. The van der Waals surface area contributed by atoms with E-state index in [0.717, 1.165) is 18.2 Å². The van der Waals surface area contributed by atoms with Crippen LogP contribution in [0.3, 0.4) is 0 Å². The minimum atomic E-state index is -4.49. The van der Waals surface area contributed by atoms with Crippen molar-refractivity contribution in [2.24, 2.45) is 0 Å². The van der Waals surface area contributed by atoms with Crippen molar-refractivity contribution in [1.29, 1.82) is 0 Å². The Bertz CT molecular complexity index is 368. The van der Waals surface area contributed by atoms with Crippen molar-refractivity contribution in [1.82, 2.24) is 0 Å². The van der Waals surface area contributed by atoms with Crippen LogP contribution in [-0.2, 0) is 6.18 Å². The average molecular weight is 239 g/mol. The Labute approximate surface area is 89.2 Å². The van der Waals surface area contributed by atoms with Crippen LogP contribution in [-0.4, -0.2) is 5.88 Å². The Balaban J connectivity index is 3.21. The molecule has 0 aliphatic carbocycles. The fourth-order valence-electron chi connectivity index (χ4n) is 1.10. The normalized spacial score (nSPS) is 12.3. The number of alkyl halides is 4. The summed E-state index contributed by atoms with van der Waals surface area (Å²) in [5, 5.41) is 0. The van der Waals surface area contributed by atoms with E-state index in [9.17, 15) is 17.6 Å². The standard InChI is InChI=1S/C10H7ClF4/c11-5-1-2-7-6-8(12)3-4-9(7)10(13,14)15/h1-4,6H,5H2. The summed E-state index contributed by atoms with van der Waals surface area (Å²) in [6.45, 7) is 0. The molecule has 15 heavy (non-hydrogen) atoms. The number of hydrogen-bond acceptors (Lipinski definition) is 0. The largest absolute Gasteiger partial charge is 0.416 e. The van der Waals surface area contributed by atoms with E-state index < -0.39 is 17.6 Å². The molecule has 0 atom stereocenters. The Morgan fingerprint density at radius 1 is 1.27 bits per heavy atom. The van der Waals surface area contributed by atoms with Gasteiger partial charge in [-0.3, -0.25) is 0 Å². The highest BCUT2D eigenvalue weighted by Crippen LogP contribution is 2.32. The van der Waals surface area contributed by atoms with Crippen LogP contribution in [0.25, 0.3) is 6.08 Å². The maximum atomic E-state index is 12.7. The summed E-state index contributed by atoms with van der Waals surface area (Å²) in [6.07, 6.45) is -2.01. The predicted molar refractivity (Wildman–Crippen MR) is 51.2 cm³/mol. The van der Waals surface area contributed by atoms with Gasteiger partial charge in [0.15, 0.2) is 0 Å². The third-order valence-corrected chi connectivity index (χ3v) is 1.88. The second kappa shape index (κ2) is 4.66. The molecule has 0 saturated heterocycles. The summed E-state index contributed by atoms with van der Waals surface area (Å²) >= 11 is 5.30. The fourth-order valence-corrected chi connectivity index (χ4v) is 1.19. The lowest BCUT2D eigenvalue weighted by molar-refractivity contribution is -0.137. The molecular weight excluding hydrogens is 232 g/mol. The van der Waals surface area contributed by atoms with Crippen molar-refractivity contribution in [3.8, 4) is 0 Å². The van der Waals surface area contributed by atoms with Gasteiger partial charge in [-0.25, -0.2) is 4.39 Å². The third-order valence-electron chi connectivity index (χ3n) is 1.71. The maximum Gasteiger partial charge on any atom is 0.416 e. The molecule has 82 valence electrons. The summed E-state index contributed by atoms with van der Waals surface area (Å²) in [6, 6.07) is 2.32. The van der Waals surface area contributed by atoms with Crippen molar-refractivity contribution in [3.63, 3.8) is 0 Å². The van der Waals surface area contributed by atoms with Crippen LogP contribution in [0.5, 0.6) is 0 Å². The second-order valence-corrected chi connectivity index (χ2v) is 3.09. The van der Waals surface area contributed by atoms with E-state index >= 15 is 0 Å². The number of hydrogen-bond donors (Lipinski definition) is 0. The summed E-state index contributed by atoms with van der Waals surface area (Å²) in [5.41, 5.74) is -1.09. The third kappa shape index (κ3) is 3.23. The zero-order chi connectivity index (χ0) is 11.5. The molecule has 0 nitrogen and oxygen atoms in total. The van der Waals surface area contributed by atoms with Crippen molar-refractivity contribution >= 4 is 17.7 Å². The molecule has 0 heterocycles. The second-order valence-electron chi connectivity index (χ2n) is 2.79. The number of rotatable bonds is 2. The van der Waals surface area contributed by atoms with Crippen LogP contribution in [0.15, 0.2) is 24.3 Å². The molecule has 5 heteroatoms. The molecule has 0 aliphatic heterocycles. The molecule has 0 bridgehead atoms. The van der Waals surface area contributed by atoms with Crippen molar-refractivity contribution in [3.05, 3.63) is 41.2 Å². The molecule has 1 aromatic carbocycles. The van der Waals surface area contributed by atoms with Gasteiger partial charge in [0.05, 0.1) is 5.56 Å². The first kappa shape index (κ1) is 12.0. The molecule has 0 spiro atoms. The van der Waals surface area contributed by atoms with E-state index in [4.69, 9.17) is 11.6 Å². The highest BCUT2D eigenvalue weighted by atomic mass is 35.5. The van der Waals surface area contributed by atoms with Crippen LogP contribution >= 0.6 is 11.6 Å². The van der Waals surface area contributed by atoms with Gasteiger partial charge in [-0.1, -0.05) is 12.2 Å². The van der Waals surface area contributed by atoms with Gasteiger partial charge >= 0.3 is 6.18 Å². The minimum absolute atomic E-state index is 0.0772. The summed E-state index contributed by atoms with van der Waals surface area (Å²) in [4.78, 5) is 0. The Morgan fingerprint density at radius 3 is 2.47 bits per heavy atom. The molecule has 0 aliphatic rings. The highest BCUT2D eigenvalue weighted by molar-refractivity contribution is 6.19. The summed E-state index contributed by atoms with van der Waals surface area (Å²) in [5.74, 6) is -0.634. The average Bonchev–Trinajstić information content (AvgIpc) is 2.12. The summed E-state index contributed by atoms with van der Waals surface area (Å²) in [7, 11) is 0. The molecule has 0 unspecified atom stereocenters. The monoisotopic (exact) mass is 238 g/mol. The molecule has 0 fully saturated rings. The van der Waals surface area contributed by atoms with Crippen LogP contribution in [0, 0.1) is 5.82 Å². The number of benzene rings is 1. The van der Waals surface area contributed by atoms with Gasteiger partial charge in [0.2, 0.25) is 0 Å². The molecule has 1 aromatic rings. The van der Waals surface area contributed by atoms with Crippen LogP contribution < -0.4 is 0 Å². The van der Waals surface area contributed by atoms with Gasteiger partial charge in [0.25, 0.3) is 0 Å². The van der Waals surface area contributed by atoms with Crippen LogP contribution in [0.1, 0.15) is 11.1 Å². The molecular formula is C10H7ClF4. The van der Waals surface area contributed by atoms with E-state index in [2.05, 4.69) is 0 Å². The smallest absolute Gasteiger partial charge is 0.207 e. The minimum Gasteiger partial charge on any atom is -0.207 e. The zero-order valence-corrected chi connectivity index (χ0v) is 8.24. The van der Waals surface area contributed by atoms with Gasteiger partial charge in [0, 0.05) is 5.88 Å². The fraction of sp³-hybridized carbons (Fsp3) is 0.200. The molecule has 0 saturated carbocycles. The molecule has 0 aromatic heterocycles. The molecule has 0 radical (unpaired) electrons. The first-order valence-corrected chi connectivity index (χ1v) is 4.58. The van der Waals surface area contributed by atoms with E-state index in [1.54, 1.807) is 0 Å². The van der Waals surface area contributed by atoms with E-state index in [0.29, 0.717) is 6.07 Å². The lowest BCUT2D eigenvalue weighted by Crippen LogP contribution is -2.07. The van der Waals surface area contributed by atoms with E-state index in [-0.39, 0.29) is 11.4 Å². The topological polar surface area (TPSA) is 0 Å². The lowest BCUT2D eigenvalue weighted by Gasteiger charge is -2.09. The first-order valence-electron chi connectivity index (χ1n) is 4.04. The molecule has 0 N–H and O–H groups in total.